The van der Waals surface area contributed by atoms with Gasteiger partial charge in [0.15, 0.2) is 11.9 Å². The number of amides is 2. The van der Waals surface area contributed by atoms with Crippen LogP contribution in [0.15, 0.2) is 4.52 Å². The summed E-state index contributed by atoms with van der Waals surface area (Å²) in [5.74, 6) is -1.03. The predicted molar refractivity (Wildman–Crippen MR) is 78.6 cm³/mol. The third kappa shape index (κ3) is 3.80. The highest BCUT2D eigenvalue weighted by Crippen LogP contribution is 2.31. The molecule has 1 fully saturated rings. The van der Waals surface area contributed by atoms with Crippen LogP contribution in [0.4, 0.5) is 4.79 Å². The zero-order valence-electron chi connectivity index (χ0n) is 13.1. The number of aliphatic carboxylic acids is 1. The van der Waals surface area contributed by atoms with Gasteiger partial charge in [-0.3, -0.25) is 0 Å². The van der Waals surface area contributed by atoms with E-state index in [2.05, 4.69) is 15.5 Å². The van der Waals surface area contributed by atoms with Gasteiger partial charge < -0.3 is 35.8 Å². The van der Waals surface area contributed by atoms with Gasteiger partial charge in [-0.2, -0.15) is 4.98 Å². The van der Waals surface area contributed by atoms with Crippen LogP contribution in [0.3, 0.4) is 0 Å². The minimum Gasteiger partial charge on any atom is -0.480 e. The van der Waals surface area contributed by atoms with Gasteiger partial charge in [-0.15, -0.1) is 0 Å². The van der Waals surface area contributed by atoms with Crippen molar-refractivity contribution in [2.75, 3.05) is 13.2 Å². The van der Waals surface area contributed by atoms with Crippen LogP contribution in [-0.4, -0.2) is 67.7 Å². The highest BCUT2D eigenvalue weighted by atomic mass is 16.5. The lowest BCUT2D eigenvalue weighted by Crippen LogP contribution is -2.52. The monoisotopic (exact) mass is 343 g/mol. The number of carbonyl (C=O) groups is 2. The Labute approximate surface area is 137 Å². The van der Waals surface area contributed by atoms with Gasteiger partial charge in [-0.1, -0.05) is 5.16 Å². The van der Waals surface area contributed by atoms with Crippen LogP contribution < -0.4 is 11.1 Å². The summed E-state index contributed by atoms with van der Waals surface area (Å²) in [5.41, 5.74) is 5.61. The Hall–Kier alpha value is -2.24. The molecule has 1 unspecified atom stereocenters. The Morgan fingerprint density at radius 3 is 2.83 bits per heavy atom. The van der Waals surface area contributed by atoms with Gasteiger partial charge in [0.25, 0.3) is 0 Å². The number of hydrogen-bond donors (Lipinski definition) is 5. The molecule has 2 rings (SSSR count). The topological polar surface area (TPSA) is 175 Å². The Kier molecular flexibility index (Phi) is 5.70. The summed E-state index contributed by atoms with van der Waals surface area (Å²) >= 11 is 0. The minimum atomic E-state index is -1.42. The van der Waals surface area contributed by atoms with E-state index in [9.17, 15) is 14.7 Å². The molecule has 0 aromatic carbocycles. The van der Waals surface area contributed by atoms with E-state index < -0.39 is 36.2 Å². The summed E-state index contributed by atoms with van der Waals surface area (Å²) in [6.45, 7) is 1.32. The molecule has 2 heterocycles. The molecular formula is C13H21N5O6. The Bertz CT molecular complexity index is 591. The van der Waals surface area contributed by atoms with E-state index >= 15 is 0 Å². The number of nitrogens with zero attached hydrogens (tertiary/aromatic N) is 3. The maximum Gasteiger partial charge on any atom is 0.328 e. The number of carbonyl (C=O) groups excluding carboxylic acids is 1. The standard InChI is InChI=1S/C13H21N5O6/c1-6(20)9(12(21)22)15-13(23)18-4-2-3-8(18)11-16-10(17-24-11)7(14)5-19/h6-9,19-20H,2-5,14H2,1H3,(H,15,23)(H,21,22)/t6?,7-,8-,9-/m0/s1. The maximum atomic E-state index is 12.3. The second-order valence-corrected chi connectivity index (χ2v) is 5.64. The molecule has 0 spiro atoms. The van der Waals surface area contributed by atoms with Crippen LogP contribution in [0.5, 0.6) is 0 Å². The summed E-state index contributed by atoms with van der Waals surface area (Å²) in [4.78, 5) is 28.9. The summed E-state index contributed by atoms with van der Waals surface area (Å²) in [5, 5.41) is 33.5. The largest absolute Gasteiger partial charge is 0.480 e. The SMILES string of the molecule is CC(O)[C@H](NC(=O)N1CCC[C@H]1c1nc([C@@H](N)CO)no1)C(=O)O. The van der Waals surface area contributed by atoms with Gasteiger partial charge in [0.2, 0.25) is 5.89 Å². The van der Waals surface area contributed by atoms with Gasteiger partial charge in [0.05, 0.1) is 18.8 Å². The highest BCUT2D eigenvalue weighted by Gasteiger charge is 2.36. The van der Waals surface area contributed by atoms with E-state index in [4.69, 9.17) is 20.5 Å². The zero-order valence-corrected chi connectivity index (χ0v) is 13.1. The molecule has 4 atom stereocenters. The lowest BCUT2D eigenvalue weighted by Gasteiger charge is -2.25. The van der Waals surface area contributed by atoms with Gasteiger partial charge >= 0.3 is 12.0 Å². The minimum absolute atomic E-state index is 0.132. The van der Waals surface area contributed by atoms with E-state index in [0.717, 1.165) is 0 Å². The molecule has 1 aromatic rings. The molecule has 1 aromatic heterocycles. The zero-order chi connectivity index (χ0) is 17.9. The fraction of sp³-hybridized carbons (Fsp3) is 0.692. The first-order valence-electron chi connectivity index (χ1n) is 7.53. The van der Waals surface area contributed by atoms with Crippen molar-refractivity contribution in [2.45, 2.75) is 44.0 Å². The maximum absolute atomic E-state index is 12.3. The van der Waals surface area contributed by atoms with Crippen molar-refractivity contribution in [3.8, 4) is 0 Å². The van der Waals surface area contributed by atoms with Crippen LogP contribution in [-0.2, 0) is 4.79 Å². The van der Waals surface area contributed by atoms with Crippen molar-refractivity contribution in [1.82, 2.24) is 20.4 Å². The van der Waals surface area contributed by atoms with Gasteiger partial charge in [-0.05, 0) is 19.8 Å². The van der Waals surface area contributed by atoms with Gasteiger partial charge in [0.1, 0.15) is 6.04 Å². The number of nitrogens with one attached hydrogen (secondary N) is 1. The lowest BCUT2D eigenvalue weighted by molar-refractivity contribution is -0.141. The molecule has 11 heteroatoms. The predicted octanol–water partition coefficient (Wildman–Crippen LogP) is -1.26. The molecule has 0 aliphatic carbocycles. The van der Waals surface area contributed by atoms with Crippen LogP contribution in [0.25, 0.3) is 0 Å². The summed E-state index contributed by atoms with van der Waals surface area (Å²) < 4.78 is 5.11. The number of urea groups is 1. The quantitative estimate of drug-likeness (QED) is 0.422. The third-order valence-electron chi connectivity index (χ3n) is 3.81. The smallest absolute Gasteiger partial charge is 0.328 e. The Balaban J connectivity index is 2.11. The molecule has 6 N–H and O–H groups in total. The molecule has 134 valence electrons. The Morgan fingerprint density at radius 1 is 1.54 bits per heavy atom. The first-order valence-corrected chi connectivity index (χ1v) is 7.53. The summed E-state index contributed by atoms with van der Waals surface area (Å²) in [7, 11) is 0. The molecular weight excluding hydrogens is 322 g/mol. The van der Waals surface area contributed by atoms with Crippen molar-refractivity contribution < 1.29 is 29.4 Å². The van der Waals surface area contributed by atoms with Gasteiger partial charge in [-0.25, -0.2) is 9.59 Å². The number of aromatic nitrogens is 2. The molecule has 0 radical (unpaired) electrons. The van der Waals surface area contributed by atoms with Crippen molar-refractivity contribution in [1.29, 1.82) is 0 Å². The van der Waals surface area contributed by atoms with Crippen LogP contribution in [0.1, 0.15) is 43.6 Å². The lowest BCUT2D eigenvalue weighted by atomic mass is 10.2. The molecule has 24 heavy (non-hydrogen) atoms. The molecule has 11 nitrogen and oxygen atoms in total. The molecule has 1 aliphatic heterocycles. The highest BCUT2D eigenvalue weighted by molar-refractivity contribution is 5.83. The molecule has 1 aliphatic rings. The van der Waals surface area contributed by atoms with Crippen LogP contribution >= 0.6 is 0 Å². The van der Waals surface area contributed by atoms with Crippen LogP contribution in [0.2, 0.25) is 0 Å². The van der Waals surface area contributed by atoms with Crippen molar-refractivity contribution in [3.05, 3.63) is 11.7 Å². The average molecular weight is 343 g/mol. The summed E-state index contributed by atoms with van der Waals surface area (Å²) in [6.07, 6.45) is -0.00513. The number of likely N-dealkylation sites (tertiary alicyclic amines) is 1. The van der Waals surface area contributed by atoms with E-state index in [0.29, 0.717) is 19.4 Å². The first kappa shape index (κ1) is 18.1. The van der Waals surface area contributed by atoms with E-state index in [1.165, 1.54) is 11.8 Å². The summed E-state index contributed by atoms with van der Waals surface area (Å²) in [6, 6.07) is -3.35. The fourth-order valence-corrected chi connectivity index (χ4v) is 2.49. The number of aliphatic hydroxyl groups excluding tert-OH is 2. The number of aliphatic hydroxyl groups is 2. The number of carboxylic acid groups (broad SMARTS) is 1. The molecule has 1 saturated heterocycles. The van der Waals surface area contributed by atoms with E-state index in [1.807, 2.05) is 0 Å². The fourth-order valence-electron chi connectivity index (χ4n) is 2.49. The number of carboxylic acids is 1. The van der Waals surface area contributed by atoms with Crippen LogP contribution in [0, 0.1) is 0 Å². The van der Waals surface area contributed by atoms with E-state index in [1.54, 1.807) is 0 Å². The van der Waals surface area contributed by atoms with Crippen molar-refractivity contribution in [3.63, 3.8) is 0 Å². The normalized spacial score (nSPS) is 21.3. The van der Waals surface area contributed by atoms with E-state index in [-0.39, 0.29) is 18.3 Å². The Morgan fingerprint density at radius 2 is 2.25 bits per heavy atom. The number of rotatable bonds is 6. The second kappa shape index (κ2) is 7.55. The van der Waals surface area contributed by atoms with Crippen molar-refractivity contribution in [2.24, 2.45) is 5.73 Å². The molecule has 2 amide bonds. The average Bonchev–Trinajstić information content (AvgIpc) is 3.19. The molecule has 0 saturated carbocycles. The number of nitrogens with two attached hydrogens (primary N) is 1. The first-order chi connectivity index (χ1) is 11.3. The van der Waals surface area contributed by atoms with Gasteiger partial charge in [0, 0.05) is 6.54 Å². The second-order valence-electron chi connectivity index (χ2n) is 5.64. The third-order valence-corrected chi connectivity index (χ3v) is 3.81. The van der Waals surface area contributed by atoms with Crippen molar-refractivity contribution >= 4 is 12.0 Å². The molecule has 0 bridgehead atoms. The number of hydrogen-bond acceptors (Lipinski definition) is 8.